The molecule has 1 aromatic heterocycles. The van der Waals surface area contributed by atoms with Gasteiger partial charge in [-0.25, -0.2) is 9.78 Å². The van der Waals surface area contributed by atoms with E-state index in [1.165, 1.54) is 11.8 Å². The van der Waals surface area contributed by atoms with Crippen molar-refractivity contribution >= 4 is 23.8 Å². The van der Waals surface area contributed by atoms with E-state index in [-0.39, 0.29) is 18.0 Å². The van der Waals surface area contributed by atoms with Crippen molar-refractivity contribution in [2.45, 2.75) is 31.0 Å². The van der Waals surface area contributed by atoms with Gasteiger partial charge in [-0.2, -0.15) is 0 Å². The fourth-order valence-corrected chi connectivity index (χ4v) is 3.99. The fourth-order valence-electron chi connectivity index (χ4n) is 3.22. The molecule has 2 aromatic rings. The lowest BCUT2D eigenvalue weighted by molar-refractivity contribution is -0.119. The number of amides is 2. The first kappa shape index (κ1) is 20.3. The summed E-state index contributed by atoms with van der Waals surface area (Å²) in [5.41, 5.74) is 2.12. The largest absolute Gasteiger partial charge is 0.450 e. The second kappa shape index (κ2) is 9.64. The van der Waals surface area contributed by atoms with Crippen molar-refractivity contribution < 1.29 is 14.3 Å². The highest BCUT2D eigenvalue weighted by atomic mass is 32.2. The van der Waals surface area contributed by atoms with Crippen molar-refractivity contribution in [3.05, 3.63) is 36.5 Å². The summed E-state index contributed by atoms with van der Waals surface area (Å²) in [6.07, 6.45) is 3.05. The number of benzene rings is 1. The number of hydrogen-bond donors (Lipinski definition) is 1. The first-order valence-corrected chi connectivity index (χ1v) is 10.5. The number of carbonyl (C=O) groups is 2. The summed E-state index contributed by atoms with van der Waals surface area (Å²) in [6.45, 7) is 3.40. The van der Waals surface area contributed by atoms with Gasteiger partial charge in [-0.1, -0.05) is 42.1 Å². The van der Waals surface area contributed by atoms with E-state index in [1.54, 1.807) is 11.8 Å². The van der Waals surface area contributed by atoms with E-state index in [9.17, 15) is 9.59 Å². The molecular formula is C20H26N4O3S. The minimum Gasteiger partial charge on any atom is -0.450 e. The van der Waals surface area contributed by atoms with Crippen LogP contribution >= 0.6 is 11.8 Å². The predicted octanol–water partition coefficient (Wildman–Crippen LogP) is 2.92. The zero-order valence-corrected chi connectivity index (χ0v) is 17.1. The average molecular weight is 403 g/mol. The minimum absolute atomic E-state index is 0.0103. The first-order chi connectivity index (χ1) is 13.6. The smallest absolute Gasteiger partial charge is 0.409 e. The Labute approximate surface area is 169 Å². The predicted molar refractivity (Wildman–Crippen MR) is 109 cm³/mol. The van der Waals surface area contributed by atoms with Crippen LogP contribution < -0.4 is 5.32 Å². The quantitative estimate of drug-likeness (QED) is 0.752. The van der Waals surface area contributed by atoms with Gasteiger partial charge >= 0.3 is 6.09 Å². The van der Waals surface area contributed by atoms with Gasteiger partial charge in [-0.05, 0) is 25.3 Å². The topological polar surface area (TPSA) is 76.5 Å². The van der Waals surface area contributed by atoms with Crippen molar-refractivity contribution in [1.29, 1.82) is 0 Å². The number of rotatable bonds is 6. The van der Waals surface area contributed by atoms with E-state index >= 15 is 0 Å². The van der Waals surface area contributed by atoms with Crippen molar-refractivity contribution in [3.63, 3.8) is 0 Å². The number of thioether (sulfide) groups is 1. The molecule has 2 amide bonds. The Morgan fingerprint density at radius 3 is 2.64 bits per heavy atom. The molecule has 2 heterocycles. The van der Waals surface area contributed by atoms with E-state index < -0.39 is 0 Å². The highest BCUT2D eigenvalue weighted by Crippen LogP contribution is 2.24. The standard InChI is InChI=1S/C20H26N4O3S/c1-3-27-20(26)24-11-9-16(10-12-24)22-18(25)14-28-19-21-13-17(23(19)2)15-7-5-4-6-8-15/h4-8,13,16H,3,9-12,14H2,1-2H3,(H,22,25). The summed E-state index contributed by atoms with van der Waals surface area (Å²) in [6, 6.07) is 10.2. The second-order valence-electron chi connectivity index (χ2n) is 6.67. The minimum atomic E-state index is -0.271. The van der Waals surface area contributed by atoms with Gasteiger partial charge in [0.25, 0.3) is 0 Å². The highest BCUT2D eigenvalue weighted by Gasteiger charge is 2.24. The summed E-state index contributed by atoms with van der Waals surface area (Å²) in [5.74, 6) is 0.306. The third-order valence-electron chi connectivity index (χ3n) is 4.73. The number of likely N-dealkylation sites (tertiary alicyclic amines) is 1. The maximum atomic E-state index is 12.3. The van der Waals surface area contributed by atoms with Crippen LogP contribution in [-0.2, 0) is 16.6 Å². The summed E-state index contributed by atoms with van der Waals surface area (Å²) in [4.78, 5) is 30.2. The van der Waals surface area contributed by atoms with Crippen LogP contribution in [0.25, 0.3) is 11.3 Å². The van der Waals surface area contributed by atoms with E-state index in [0.29, 0.717) is 25.4 Å². The third kappa shape index (κ3) is 5.07. The van der Waals surface area contributed by atoms with Crippen LogP contribution in [0, 0.1) is 0 Å². The van der Waals surface area contributed by atoms with E-state index in [2.05, 4.69) is 10.3 Å². The molecule has 28 heavy (non-hydrogen) atoms. The van der Waals surface area contributed by atoms with Crippen LogP contribution in [0.5, 0.6) is 0 Å². The van der Waals surface area contributed by atoms with Gasteiger partial charge < -0.3 is 19.5 Å². The number of nitrogens with zero attached hydrogens (tertiary/aromatic N) is 3. The SMILES string of the molecule is CCOC(=O)N1CCC(NC(=O)CSc2ncc(-c3ccccc3)n2C)CC1. The number of nitrogens with one attached hydrogen (secondary N) is 1. The number of imidazole rings is 1. The van der Waals surface area contributed by atoms with Gasteiger partial charge in [0.1, 0.15) is 0 Å². The van der Waals surface area contributed by atoms with Crippen LogP contribution in [0.15, 0.2) is 41.7 Å². The van der Waals surface area contributed by atoms with Gasteiger partial charge in [0.05, 0.1) is 24.3 Å². The van der Waals surface area contributed by atoms with Crippen molar-refractivity contribution in [3.8, 4) is 11.3 Å². The monoisotopic (exact) mass is 402 g/mol. The molecule has 1 fully saturated rings. The lowest BCUT2D eigenvalue weighted by atomic mass is 10.1. The molecule has 1 aliphatic heterocycles. The Balaban J connectivity index is 1.46. The summed E-state index contributed by atoms with van der Waals surface area (Å²) in [5, 5.41) is 3.87. The van der Waals surface area contributed by atoms with Crippen LogP contribution in [0.3, 0.4) is 0 Å². The second-order valence-corrected chi connectivity index (χ2v) is 7.61. The lowest BCUT2D eigenvalue weighted by Crippen LogP contribution is -2.47. The van der Waals surface area contributed by atoms with E-state index in [4.69, 9.17) is 4.74 Å². The average Bonchev–Trinajstić information content (AvgIpc) is 3.08. The number of ether oxygens (including phenoxy) is 1. The van der Waals surface area contributed by atoms with Crippen LogP contribution in [-0.4, -0.2) is 57.9 Å². The molecule has 0 aliphatic carbocycles. The van der Waals surface area contributed by atoms with Gasteiger partial charge in [0.15, 0.2) is 5.16 Å². The molecule has 0 spiro atoms. The third-order valence-corrected chi connectivity index (χ3v) is 5.78. The molecule has 1 saturated heterocycles. The normalized spacial score (nSPS) is 14.7. The van der Waals surface area contributed by atoms with Crippen molar-refractivity contribution in [2.75, 3.05) is 25.4 Å². The van der Waals surface area contributed by atoms with Crippen LogP contribution in [0.4, 0.5) is 4.79 Å². The van der Waals surface area contributed by atoms with Crippen molar-refractivity contribution in [1.82, 2.24) is 19.8 Å². The Bertz CT molecular complexity index is 801. The molecule has 7 nitrogen and oxygen atoms in total. The molecule has 8 heteroatoms. The number of hydrogen-bond acceptors (Lipinski definition) is 5. The fraction of sp³-hybridized carbons (Fsp3) is 0.450. The summed E-state index contributed by atoms with van der Waals surface area (Å²) in [7, 11) is 1.96. The molecule has 0 unspecified atom stereocenters. The van der Waals surface area contributed by atoms with Crippen molar-refractivity contribution in [2.24, 2.45) is 7.05 Å². The molecule has 0 atom stereocenters. The van der Waals surface area contributed by atoms with E-state index in [0.717, 1.165) is 29.3 Å². The number of carbonyl (C=O) groups excluding carboxylic acids is 2. The molecule has 1 aromatic carbocycles. The van der Waals surface area contributed by atoms with Crippen LogP contribution in [0.1, 0.15) is 19.8 Å². The Morgan fingerprint density at radius 1 is 1.25 bits per heavy atom. The molecule has 1 aliphatic rings. The number of piperidine rings is 1. The molecule has 0 radical (unpaired) electrons. The van der Waals surface area contributed by atoms with Gasteiger partial charge in [0, 0.05) is 26.2 Å². The molecule has 0 saturated carbocycles. The molecule has 3 rings (SSSR count). The van der Waals surface area contributed by atoms with Gasteiger partial charge in [-0.15, -0.1) is 0 Å². The summed E-state index contributed by atoms with van der Waals surface area (Å²) < 4.78 is 7.02. The lowest BCUT2D eigenvalue weighted by Gasteiger charge is -2.31. The van der Waals surface area contributed by atoms with Crippen LogP contribution in [0.2, 0.25) is 0 Å². The van der Waals surface area contributed by atoms with Gasteiger partial charge in [0.2, 0.25) is 5.91 Å². The zero-order valence-electron chi connectivity index (χ0n) is 16.3. The maximum absolute atomic E-state index is 12.3. The molecule has 1 N–H and O–H groups in total. The highest BCUT2D eigenvalue weighted by molar-refractivity contribution is 7.99. The number of aromatic nitrogens is 2. The zero-order chi connectivity index (χ0) is 19.9. The maximum Gasteiger partial charge on any atom is 0.409 e. The molecule has 0 bridgehead atoms. The Hall–Kier alpha value is -2.48. The Morgan fingerprint density at radius 2 is 1.96 bits per heavy atom. The van der Waals surface area contributed by atoms with E-state index in [1.807, 2.05) is 48.1 Å². The molecular weight excluding hydrogens is 376 g/mol. The molecule has 150 valence electrons. The Kier molecular flexibility index (Phi) is 6.97. The first-order valence-electron chi connectivity index (χ1n) is 9.49. The van der Waals surface area contributed by atoms with Gasteiger partial charge in [-0.3, -0.25) is 4.79 Å². The summed E-state index contributed by atoms with van der Waals surface area (Å²) >= 11 is 1.43.